The fourth-order valence-corrected chi connectivity index (χ4v) is 2.10. The van der Waals surface area contributed by atoms with Gasteiger partial charge in [0.25, 0.3) is 5.91 Å². The number of rotatable bonds is 4. The third-order valence-corrected chi connectivity index (χ3v) is 3.74. The zero-order valence-electron chi connectivity index (χ0n) is 10.7. The van der Waals surface area contributed by atoms with Crippen LogP contribution in [0.2, 0.25) is 0 Å². The Kier molecular flexibility index (Phi) is 4.13. The lowest BCUT2D eigenvalue weighted by Crippen LogP contribution is -2.43. The molecule has 0 atom stereocenters. The van der Waals surface area contributed by atoms with Gasteiger partial charge in [-0.3, -0.25) is 4.79 Å². The molecule has 0 saturated heterocycles. The van der Waals surface area contributed by atoms with Gasteiger partial charge in [-0.2, -0.15) is 0 Å². The zero-order chi connectivity index (χ0) is 14.0. The van der Waals surface area contributed by atoms with Crippen molar-refractivity contribution in [2.45, 2.75) is 37.6 Å². The van der Waals surface area contributed by atoms with Crippen LogP contribution in [0.5, 0.6) is 0 Å². The second-order valence-corrected chi connectivity index (χ2v) is 6.26. The Morgan fingerprint density at radius 1 is 1.33 bits per heavy atom. The molecule has 1 aromatic carbocycles. The van der Waals surface area contributed by atoms with Gasteiger partial charge in [0.2, 0.25) is 10.0 Å². The van der Waals surface area contributed by atoms with Crippen LogP contribution >= 0.6 is 0 Å². The van der Waals surface area contributed by atoms with Crippen LogP contribution in [0.3, 0.4) is 0 Å². The molecule has 5 nitrogen and oxygen atoms in total. The van der Waals surface area contributed by atoms with Gasteiger partial charge in [0.05, 0.1) is 10.5 Å². The van der Waals surface area contributed by atoms with E-state index in [-0.39, 0.29) is 10.5 Å². The Hall–Kier alpha value is -1.40. The molecule has 100 valence electrons. The van der Waals surface area contributed by atoms with Gasteiger partial charge < -0.3 is 5.32 Å². The molecule has 0 saturated carbocycles. The van der Waals surface area contributed by atoms with E-state index in [2.05, 4.69) is 5.32 Å². The highest BCUT2D eigenvalue weighted by Gasteiger charge is 2.23. The van der Waals surface area contributed by atoms with Crippen LogP contribution in [-0.2, 0) is 10.0 Å². The molecule has 0 radical (unpaired) electrons. The Morgan fingerprint density at radius 2 is 1.89 bits per heavy atom. The molecule has 1 amide bonds. The molecule has 6 heteroatoms. The standard InChI is InChI=1S/C12H18N2O3S/c1-4-12(2,3)14-11(15)9-7-5-6-8-10(9)18(13,16)17/h5-8H,4H2,1-3H3,(H,14,15)(H2,13,16,17). The number of carbonyl (C=O) groups excluding carboxylic acids is 1. The summed E-state index contributed by atoms with van der Waals surface area (Å²) in [5, 5.41) is 7.86. The van der Waals surface area contributed by atoms with E-state index < -0.39 is 21.5 Å². The maximum Gasteiger partial charge on any atom is 0.253 e. The quantitative estimate of drug-likeness (QED) is 0.863. The Balaban J connectivity index is 3.16. The summed E-state index contributed by atoms with van der Waals surface area (Å²) in [7, 11) is -3.90. The molecule has 0 bridgehead atoms. The summed E-state index contributed by atoms with van der Waals surface area (Å²) in [5.74, 6) is -0.438. The fraction of sp³-hybridized carbons (Fsp3) is 0.417. The molecular weight excluding hydrogens is 252 g/mol. The van der Waals surface area contributed by atoms with E-state index in [0.717, 1.165) is 6.42 Å². The maximum absolute atomic E-state index is 12.1. The highest BCUT2D eigenvalue weighted by Crippen LogP contribution is 2.16. The first-order valence-electron chi connectivity index (χ1n) is 5.62. The lowest BCUT2D eigenvalue weighted by molar-refractivity contribution is 0.0908. The Labute approximate surface area is 107 Å². The summed E-state index contributed by atoms with van der Waals surface area (Å²) < 4.78 is 22.8. The molecule has 0 aliphatic carbocycles. The van der Waals surface area contributed by atoms with Crippen molar-refractivity contribution in [3.63, 3.8) is 0 Å². The van der Waals surface area contributed by atoms with Crippen LogP contribution in [0.15, 0.2) is 29.2 Å². The van der Waals surface area contributed by atoms with Gasteiger partial charge in [0.1, 0.15) is 0 Å². The van der Waals surface area contributed by atoms with Gasteiger partial charge in [0.15, 0.2) is 0 Å². The van der Waals surface area contributed by atoms with Gasteiger partial charge in [-0.05, 0) is 32.4 Å². The second-order valence-electron chi connectivity index (χ2n) is 4.73. The van der Waals surface area contributed by atoms with Gasteiger partial charge in [-0.25, -0.2) is 13.6 Å². The molecule has 1 aromatic rings. The number of primary sulfonamides is 1. The van der Waals surface area contributed by atoms with Crippen molar-refractivity contribution >= 4 is 15.9 Å². The summed E-state index contributed by atoms with van der Waals surface area (Å²) in [6.45, 7) is 5.67. The van der Waals surface area contributed by atoms with Crippen molar-refractivity contribution in [3.8, 4) is 0 Å². The van der Waals surface area contributed by atoms with Crippen molar-refractivity contribution in [1.82, 2.24) is 5.32 Å². The van der Waals surface area contributed by atoms with E-state index in [1.165, 1.54) is 18.2 Å². The van der Waals surface area contributed by atoms with E-state index in [0.29, 0.717) is 0 Å². The van der Waals surface area contributed by atoms with E-state index in [4.69, 9.17) is 5.14 Å². The summed E-state index contributed by atoms with van der Waals surface area (Å²) in [6, 6.07) is 5.90. The molecule has 0 spiro atoms. The molecular formula is C12H18N2O3S. The maximum atomic E-state index is 12.1. The van der Waals surface area contributed by atoms with E-state index in [9.17, 15) is 13.2 Å². The van der Waals surface area contributed by atoms with Gasteiger partial charge >= 0.3 is 0 Å². The van der Waals surface area contributed by atoms with Crippen LogP contribution in [0.1, 0.15) is 37.6 Å². The summed E-state index contributed by atoms with van der Waals surface area (Å²) >= 11 is 0. The molecule has 0 fully saturated rings. The Bertz CT molecular complexity index is 550. The second kappa shape index (κ2) is 5.07. The molecule has 0 unspecified atom stereocenters. The van der Waals surface area contributed by atoms with Crippen LogP contribution in [0, 0.1) is 0 Å². The number of amides is 1. The molecule has 18 heavy (non-hydrogen) atoms. The highest BCUT2D eigenvalue weighted by atomic mass is 32.2. The monoisotopic (exact) mass is 270 g/mol. The summed E-state index contributed by atoms with van der Waals surface area (Å²) in [6.07, 6.45) is 0.732. The molecule has 0 aliphatic rings. The van der Waals surface area contributed by atoms with E-state index in [1.807, 2.05) is 20.8 Å². The number of nitrogens with one attached hydrogen (secondary N) is 1. The average molecular weight is 270 g/mol. The fourth-order valence-electron chi connectivity index (χ4n) is 1.37. The Morgan fingerprint density at radius 3 is 2.39 bits per heavy atom. The van der Waals surface area contributed by atoms with Crippen LogP contribution in [0.4, 0.5) is 0 Å². The van der Waals surface area contributed by atoms with Gasteiger partial charge in [-0.15, -0.1) is 0 Å². The first-order valence-corrected chi connectivity index (χ1v) is 7.16. The molecule has 1 rings (SSSR count). The van der Waals surface area contributed by atoms with Crippen molar-refractivity contribution < 1.29 is 13.2 Å². The number of carbonyl (C=O) groups is 1. The lowest BCUT2D eigenvalue weighted by atomic mass is 10.0. The average Bonchev–Trinajstić information content (AvgIpc) is 2.27. The van der Waals surface area contributed by atoms with Gasteiger partial charge in [-0.1, -0.05) is 19.1 Å². The molecule has 3 N–H and O–H groups in total. The first kappa shape index (κ1) is 14.7. The number of nitrogens with two attached hydrogens (primary N) is 1. The number of hydrogen-bond acceptors (Lipinski definition) is 3. The van der Waals surface area contributed by atoms with E-state index in [1.54, 1.807) is 6.07 Å². The van der Waals surface area contributed by atoms with Crippen LogP contribution in [-0.4, -0.2) is 19.9 Å². The third kappa shape index (κ3) is 3.54. The summed E-state index contributed by atoms with van der Waals surface area (Å²) in [5.41, 5.74) is -0.329. The largest absolute Gasteiger partial charge is 0.347 e. The first-order chi connectivity index (χ1) is 8.17. The molecule has 0 heterocycles. The van der Waals surface area contributed by atoms with Crippen molar-refractivity contribution in [2.24, 2.45) is 5.14 Å². The topological polar surface area (TPSA) is 89.3 Å². The molecule has 0 aromatic heterocycles. The minimum atomic E-state index is -3.90. The van der Waals surface area contributed by atoms with Crippen LogP contribution < -0.4 is 10.5 Å². The van der Waals surface area contributed by atoms with Crippen molar-refractivity contribution in [2.75, 3.05) is 0 Å². The zero-order valence-corrected chi connectivity index (χ0v) is 11.5. The van der Waals surface area contributed by atoms with Crippen molar-refractivity contribution in [3.05, 3.63) is 29.8 Å². The number of hydrogen-bond donors (Lipinski definition) is 2. The van der Waals surface area contributed by atoms with Crippen LogP contribution in [0.25, 0.3) is 0 Å². The predicted octanol–water partition coefficient (Wildman–Crippen LogP) is 1.25. The van der Waals surface area contributed by atoms with Gasteiger partial charge in [0, 0.05) is 5.54 Å². The summed E-state index contributed by atoms with van der Waals surface area (Å²) in [4.78, 5) is 11.9. The number of sulfonamides is 1. The van der Waals surface area contributed by atoms with E-state index >= 15 is 0 Å². The third-order valence-electron chi connectivity index (χ3n) is 2.77. The minimum Gasteiger partial charge on any atom is -0.347 e. The SMILES string of the molecule is CCC(C)(C)NC(=O)c1ccccc1S(N)(=O)=O. The smallest absolute Gasteiger partial charge is 0.253 e. The minimum absolute atomic E-state index is 0.0709. The molecule has 0 aliphatic heterocycles. The number of benzene rings is 1. The normalized spacial score (nSPS) is 12.2. The highest BCUT2D eigenvalue weighted by molar-refractivity contribution is 7.89. The predicted molar refractivity (Wildman–Crippen MR) is 69.7 cm³/mol. The lowest BCUT2D eigenvalue weighted by Gasteiger charge is -2.24. The van der Waals surface area contributed by atoms with Crippen molar-refractivity contribution in [1.29, 1.82) is 0 Å².